The monoisotopic (exact) mass is 291 g/mol. The molecule has 0 aliphatic rings. The minimum absolute atomic E-state index is 0.0225. The van der Waals surface area contributed by atoms with Crippen LogP contribution >= 0.6 is 23.2 Å². The van der Waals surface area contributed by atoms with E-state index < -0.39 is 17.9 Å². The first-order valence-corrected chi connectivity index (χ1v) is 5.73. The van der Waals surface area contributed by atoms with E-state index in [1.54, 1.807) is 0 Å². The zero-order valence-electron chi connectivity index (χ0n) is 9.41. The van der Waals surface area contributed by atoms with Crippen LogP contribution in [0.2, 0.25) is 10.0 Å². The number of nitrogens with one attached hydrogen (secondary N) is 1. The maximum absolute atomic E-state index is 10.9. The molecule has 1 atom stereocenters. The number of phenols is 1. The summed E-state index contributed by atoms with van der Waals surface area (Å²) in [5.41, 5.74) is 0.504. The van der Waals surface area contributed by atoms with Gasteiger partial charge in [0.25, 0.3) is 0 Å². The van der Waals surface area contributed by atoms with Gasteiger partial charge in [-0.3, -0.25) is 4.79 Å². The van der Waals surface area contributed by atoms with Crippen LogP contribution in [0.4, 0.5) is 0 Å². The highest BCUT2D eigenvalue weighted by Crippen LogP contribution is 2.33. The maximum atomic E-state index is 10.9. The van der Waals surface area contributed by atoms with Gasteiger partial charge in [0.2, 0.25) is 5.91 Å². The van der Waals surface area contributed by atoms with Gasteiger partial charge in [0.1, 0.15) is 6.04 Å². The number of aromatic hydroxyl groups is 1. The maximum Gasteiger partial charge on any atom is 0.326 e. The van der Waals surface area contributed by atoms with Crippen LogP contribution in [0.25, 0.3) is 0 Å². The van der Waals surface area contributed by atoms with Crippen molar-refractivity contribution in [3.63, 3.8) is 0 Å². The number of amides is 1. The third-order valence-corrected chi connectivity index (χ3v) is 2.77. The van der Waals surface area contributed by atoms with E-state index in [-0.39, 0.29) is 22.2 Å². The van der Waals surface area contributed by atoms with Gasteiger partial charge in [0, 0.05) is 13.3 Å². The minimum Gasteiger partial charge on any atom is -0.505 e. The average Bonchev–Trinajstić information content (AvgIpc) is 2.24. The molecule has 0 bridgehead atoms. The molecule has 0 unspecified atom stereocenters. The predicted molar refractivity (Wildman–Crippen MR) is 67.1 cm³/mol. The van der Waals surface area contributed by atoms with E-state index >= 15 is 0 Å². The van der Waals surface area contributed by atoms with Gasteiger partial charge in [0.15, 0.2) is 5.75 Å². The van der Waals surface area contributed by atoms with Crippen LogP contribution in [0.15, 0.2) is 12.1 Å². The molecule has 0 saturated heterocycles. The third-order valence-electron chi connectivity index (χ3n) is 2.19. The number of hydrogen-bond acceptors (Lipinski definition) is 3. The molecular weight excluding hydrogens is 281 g/mol. The van der Waals surface area contributed by atoms with Crippen molar-refractivity contribution in [1.29, 1.82) is 0 Å². The van der Waals surface area contributed by atoms with Crippen LogP contribution in [-0.4, -0.2) is 28.1 Å². The molecule has 0 radical (unpaired) electrons. The quantitative estimate of drug-likeness (QED) is 0.790. The predicted octanol–water partition coefficient (Wildman–Crippen LogP) is 1.83. The second-order valence-electron chi connectivity index (χ2n) is 3.70. The van der Waals surface area contributed by atoms with Gasteiger partial charge < -0.3 is 15.5 Å². The molecular formula is C11H11Cl2NO4. The Morgan fingerprint density at radius 2 is 1.83 bits per heavy atom. The molecule has 98 valence electrons. The Morgan fingerprint density at radius 3 is 2.22 bits per heavy atom. The van der Waals surface area contributed by atoms with Crippen LogP contribution in [0.1, 0.15) is 12.5 Å². The lowest BCUT2D eigenvalue weighted by Crippen LogP contribution is -2.41. The minimum atomic E-state index is -1.16. The zero-order chi connectivity index (χ0) is 13.9. The molecule has 0 aliphatic heterocycles. The standard InChI is InChI=1S/C11H11Cl2NO4/c1-5(15)14-9(11(17)18)4-6-2-7(12)10(16)8(13)3-6/h2-3,9,16H,4H2,1H3,(H,14,15)(H,17,18)/t9-/m1/s1. The van der Waals surface area contributed by atoms with Crippen molar-refractivity contribution >= 4 is 35.1 Å². The largest absolute Gasteiger partial charge is 0.505 e. The highest BCUT2D eigenvalue weighted by molar-refractivity contribution is 6.37. The van der Waals surface area contributed by atoms with E-state index in [0.29, 0.717) is 5.56 Å². The Balaban J connectivity index is 2.94. The molecule has 0 fully saturated rings. The summed E-state index contributed by atoms with van der Waals surface area (Å²) in [6.45, 7) is 1.23. The lowest BCUT2D eigenvalue weighted by molar-refractivity contribution is -0.141. The van der Waals surface area contributed by atoms with Crippen molar-refractivity contribution in [1.82, 2.24) is 5.32 Å². The summed E-state index contributed by atoms with van der Waals surface area (Å²) >= 11 is 11.4. The van der Waals surface area contributed by atoms with Crippen LogP contribution in [-0.2, 0) is 16.0 Å². The summed E-state index contributed by atoms with van der Waals surface area (Å²) in [6, 6.07) is 1.74. The Morgan fingerprint density at radius 1 is 1.33 bits per heavy atom. The molecule has 0 heterocycles. The summed E-state index contributed by atoms with van der Waals surface area (Å²) in [4.78, 5) is 21.8. The van der Waals surface area contributed by atoms with E-state index in [1.807, 2.05) is 0 Å². The van der Waals surface area contributed by atoms with Gasteiger partial charge in [-0.15, -0.1) is 0 Å². The molecule has 1 amide bonds. The Hall–Kier alpha value is -1.46. The summed E-state index contributed by atoms with van der Waals surface area (Å²) in [5.74, 6) is -1.86. The first-order chi connectivity index (χ1) is 8.31. The summed E-state index contributed by atoms with van der Waals surface area (Å²) in [7, 11) is 0. The first kappa shape index (κ1) is 14.6. The van der Waals surface area contributed by atoms with Crippen LogP contribution in [0.5, 0.6) is 5.75 Å². The highest BCUT2D eigenvalue weighted by atomic mass is 35.5. The molecule has 1 rings (SSSR count). The molecule has 0 aromatic heterocycles. The van der Waals surface area contributed by atoms with Crippen LogP contribution < -0.4 is 5.32 Å². The van der Waals surface area contributed by atoms with Gasteiger partial charge in [0.05, 0.1) is 10.0 Å². The smallest absolute Gasteiger partial charge is 0.326 e. The number of phenolic OH excluding ortho intramolecular Hbond substituents is 1. The molecule has 1 aromatic carbocycles. The van der Waals surface area contributed by atoms with Gasteiger partial charge in [-0.25, -0.2) is 4.79 Å². The van der Waals surface area contributed by atoms with E-state index in [0.717, 1.165) is 0 Å². The lowest BCUT2D eigenvalue weighted by Gasteiger charge is -2.14. The van der Waals surface area contributed by atoms with Gasteiger partial charge in [-0.2, -0.15) is 0 Å². The van der Waals surface area contributed by atoms with Gasteiger partial charge >= 0.3 is 5.97 Å². The topological polar surface area (TPSA) is 86.6 Å². The summed E-state index contributed by atoms with van der Waals surface area (Å²) < 4.78 is 0. The highest BCUT2D eigenvalue weighted by Gasteiger charge is 2.20. The number of carbonyl (C=O) groups is 2. The van der Waals surface area contributed by atoms with Crippen molar-refractivity contribution < 1.29 is 19.8 Å². The SMILES string of the molecule is CC(=O)N[C@H](Cc1cc(Cl)c(O)c(Cl)c1)C(=O)O. The first-order valence-electron chi connectivity index (χ1n) is 4.98. The van der Waals surface area contributed by atoms with Crippen molar-refractivity contribution in [3.05, 3.63) is 27.7 Å². The van der Waals surface area contributed by atoms with E-state index in [2.05, 4.69) is 5.32 Å². The zero-order valence-corrected chi connectivity index (χ0v) is 10.9. The van der Waals surface area contributed by atoms with E-state index in [1.165, 1.54) is 19.1 Å². The number of halogens is 2. The van der Waals surface area contributed by atoms with Crippen molar-refractivity contribution in [3.8, 4) is 5.75 Å². The molecule has 0 saturated carbocycles. The molecule has 3 N–H and O–H groups in total. The van der Waals surface area contributed by atoms with Crippen LogP contribution in [0.3, 0.4) is 0 Å². The Kier molecular flexibility index (Phi) is 4.81. The fourth-order valence-corrected chi connectivity index (χ4v) is 1.95. The Labute approximate surface area is 113 Å². The molecule has 0 aliphatic carbocycles. The molecule has 18 heavy (non-hydrogen) atoms. The normalized spacial score (nSPS) is 11.9. The number of aliphatic carboxylic acids is 1. The van der Waals surface area contributed by atoms with Crippen molar-refractivity contribution in [2.75, 3.05) is 0 Å². The molecule has 5 nitrogen and oxygen atoms in total. The molecule has 7 heteroatoms. The van der Waals surface area contributed by atoms with E-state index in [4.69, 9.17) is 28.3 Å². The van der Waals surface area contributed by atoms with Crippen molar-refractivity contribution in [2.24, 2.45) is 0 Å². The lowest BCUT2D eigenvalue weighted by atomic mass is 10.1. The average molecular weight is 292 g/mol. The molecule has 1 aromatic rings. The van der Waals surface area contributed by atoms with Gasteiger partial charge in [-0.1, -0.05) is 23.2 Å². The van der Waals surface area contributed by atoms with Gasteiger partial charge in [-0.05, 0) is 17.7 Å². The number of hydrogen-bond donors (Lipinski definition) is 3. The fourth-order valence-electron chi connectivity index (χ4n) is 1.42. The number of benzene rings is 1. The Bertz CT molecular complexity index is 467. The number of rotatable bonds is 4. The van der Waals surface area contributed by atoms with Crippen LogP contribution in [0, 0.1) is 0 Å². The van der Waals surface area contributed by atoms with Crippen molar-refractivity contribution in [2.45, 2.75) is 19.4 Å². The summed E-state index contributed by atoms with van der Waals surface area (Å²) in [5, 5.41) is 20.7. The summed E-state index contributed by atoms with van der Waals surface area (Å²) in [6.07, 6.45) is 0.0225. The number of carbonyl (C=O) groups excluding carboxylic acids is 1. The molecule has 0 spiro atoms. The third kappa shape index (κ3) is 3.78. The second-order valence-corrected chi connectivity index (χ2v) is 4.52. The second kappa shape index (κ2) is 5.93. The fraction of sp³-hybridized carbons (Fsp3) is 0.273. The number of carboxylic acid groups (broad SMARTS) is 1. The van der Waals surface area contributed by atoms with E-state index in [9.17, 15) is 14.7 Å². The number of carboxylic acids is 1.